The number of hydrogen-bond acceptors (Lipinski definition) is 3. The van der Waals surface area contributed by atoms with E-state index in [4.69, 9.17) is 40.5 Å². The zero-order valence-electron chi connectivity index (χ0n) is 11.6. The summed E-state index contributed by atoms with van der Waals surface area (Å²) in [7, 11) is 0. The van der Waals surface area contributed by atoms with Crippen LogP contribution in [0.25, 0.3) is 0 Å². The minimum atomic E-state index is 0.0505. The molecule has 0 amide bonds. The third-order valence-electron chi connectivity index (χ3n) is 3.62. The van der Waals surface area contributed by atoms with E-state index in [2.05, 4.69) is 5.10 Å². The number of rotatable bonds is 3. The van der Waals surface area contributed by atoms with Crippen LogP contribution in [0, 0.1) is 0 Å². The normalized spacial score (nSPS) is 17.7. The van der Waals surface area contributed by atoms with Crippen molar-refractivity contribution in [1.29, 1.82) is 0 Å². The Balaban J connectivity index is 2.01. The highest BCUT2D eigenvalue weighted by molar-refractivity contribution is 6.36. The molecule has 1 aliphatic rings. The van der Waals surface area contributed by atoms with Gasteiger partial charge in [-0.15, -0.1) is 0 Å². The molecule has 6 heteroatoms. The van der Waals surface area contributed by atoms with Gasteiger partial charge in [0.2, 0.25) is 0 Å². The van der Waals surface area contributed by atoms with Gasteiger partial charge in [0.15, 0.2) is 0 Å². The molecule has 0 unspecified atom stereocenters. The Morgan fingerprint density at radius 1 is 1.05 bits per heavy atom. The van der Waals surface area contributed by atoms with Gasteiger partial charge in [-0.25, -0.2) is 0 Å². The summed E-state index contributed by atoms with van der Waals surface area (Å²) in [6, 6.07) is 13.2. The molecule has 2 aromatic rings. The van der Waals surface area contributed by atoms with E-state index in [1.807, 2.05) is 35.3 Å². The topological polar surface area (TPSA) is 41.6 Å². The zero-order chi connectivity index (χ0) is 15.7. The van der Waals surface area contributed by atoms with Crippen molar-refractivity contribution < 1.29 is 0 Å². The summed E-state index contributed by atoms with van der Waals surface area (Å²) in [4.78, 5) is 0. The first-order valence-electron chi connectivity index (χ1n) is 6.84. The van der Waals surface area contributed by atoms with E-state index >= 15 is 0 Å². The standard InChI is InChI=1S/C16H14Cl3N3/c17-11-3-1-10(2-4-11)16-8-13(9-20)21-22(16)15-6-5-12(18)7-14(15)19/h1-7,16H,8-9,20H2/t16-/m0/s1. The molecular weight excluding hydrogens is 341 g/mol. The van der Waals surface area contributed by atoms with Crippen LogP contribution in [-0.4, -0.2) is 12.3 Å². The maximum atomic E-state index is 6.33. The summed E-state index contributed by atoms with van der Waals surface area (Å²) < 4.78 is 0. The minimum absolute atomic E-state index is 0.0505. The van der Waals surface area contributed by atoms with Crippen molar-refractivity contribution in [2.45, 2.75) is 12.5 Å². The average molecular weight is 355 g/mol. The number of nitrogens with two attached hydrogens (primary N) is 1. The summed E-state index contributed by atoms with van der Waals surface area (Å²) in [5.74, 6) is 0. The largest absolute Gasteiger partial charge is 0.325 e. The lowest BCUT2D eigenvalue weighted by atomic mass is 10.0. The second kappa shape index (κ2) is 6.47. The first-order valence-corrected chi connectivity index (χ1v) is 7.98. The fourth-order valence-electron chi connectivity index (χ4n) is 2.53. The van der Waals surface area contributed by atoms with Gasteiger partial charge in [-0.2, -0.15) is 5.10 Å². The number of nitrogens with zero attached hydrogens (tertiary/aromatic N) is 2. The minimum Gasteiger partial charge on any atom is -0.325 e. The lowest BCUT2D eigenvalue weighted by Gasteiger charge is -2.25. The van der Waals surface area contributed by atoms with Crippen molar-refractivity contribution >= 4 is 46.2 Å². The molecule has 1 atom stereocenters. The van der Waals surface area contributed by atoms with Crippen LogP contribution in [0.1, 0.15) is 18.0 Å². The Morgan fingerprint density at radius 2 is 1.73 bits per heavy atom. The van der Waals surface area contributed by atoms with Crippen LogP contribution >= 0.6 is 34.8 Å². The lowest BCUT2D eigenvalue weighted by Crippen LogP contribution is -2.19. The summed E-state index contributed by atoms with van der Waals surface area (Å²) in [5, 5.41) is 8.38. The van der Waals surface area contributed by atoms with E-state index in [-0.39, 0.29) is 6.04 Å². The second-order valence-electron chi connectivity index (χ2n) is 5.08. The lowest BCUT2D eigenvalue weighted by molar-refractivity contribution is 0.708. The first-order chi connectivity index (χ1) is 10.6. The third kappa shape index (κ3) is 3.08. The van der Waals surface area contributed by atoms with Crippen molar-refractivity contribution in [3.05, 3.63) is 63.1 Å². The molecule has 1 heterocycles. The molecule has 3 nitrogen and oxygen atoms in total. The van der Waals surface area contributed by atoms with Crippen LogP contribution in [0.4, 0.5) is 5.69 Å². The molecular formula is C16H14Cl3N3. The molecule has 0 saturated carbocycles. The number of hydrazone groups is 1. The number of halogens is 3. The van der Waals surface area contributed by atoms with Crippen LogP contribution in [0.3, 0.4) is 0 Å². The molecule has 2 N–H and O–H groups in total. The second-order valence-corrected chi connectivity index (χ2v) is 6.36. The quantitative estimate of drug-likeness (QED) is 0.850. The van der Waals surface area contributed by atoms with E-state index in [0.29, 0.717) is 21.6 Å². The summed E-state index contributed by atoms with van der Waals surface area (Å²) in [5.41, 5.74) is 8.63. The Morgan fingerprint density at radius 3 is 2.36 bits per heavy atom. The van der Waals surface area contributed by atoms with Gasteiger partial charge in [0.05, 0.1) is 22.5 Å². The van der Waals surface area contributed by atoms with Crippen molar-refractivity contribution in [2.24, 2.45) is 10.8 Å². The Hall–Kier alpha value is -1.26. The molecule has 3 rings (SSSR count). The van der Waals surface area contributed by atoms with Crippen LogP contribution in [0.2, 0.25) is 15.1 Å². The average Bonchev–Trinajstić information content (AvgIpc) is 2.92. The van der Waals surface area contributed by atoms with Crippen LogP contribution in [0.15, 0.2) is 47.6 Å². The van der Waals surface area contributed by atoms with Crippen LogP contribution in [0.5, 0.6) is 0 Å². The van der Waals surface area contributed by atoms with Gasteiger partial charge >= 0.3 is 0 Å². The monoisotopic (exact) mass is 353 g/mol. The number of anilines is 1. The van der Waals surface area contributed by atoms with E-state index in [0.717, 1.165) is 23.4 Å². The number of hydrogen-bond donors (Lipinski definition) is 1. The predicted octanol–water partition coefficient (Wildman–Crippen LogP) is 4.91. The molecule has 22 heavy (non-hydrogen) atoms. The highest BCUT2D eigenvalue weighted by atomic mass is 35.5. The fourth-order valence-corrected chi connectivity index (χ4v) is 3.15. The fraction of sp³-hybridized carbons (Fsp3) is 0.188. The molecule has 0 radical (unpaired) electrons. The predicted molar refractivity (Wildman–Crippen MR) is 94.2 cm³/mol. The van der Waals surface area contributed by atoms with Crippen molar-refractivity contribution in [1.82, 2.24) is 0 Å². The van der Waals surface area contributed by atoms with E-state index in [9.17, 15) is 0 Å². The highest BCUT2D eigenvalue weighted by Crippen LogP contribution is 2.39. The Kier molecular flexibility index (Phi) is 4.59. The summed E-state index contributed by atoms with van der Waals surface area (Å²) >= 11 is 18.3. The van der Waals surface area contributed by atoms with Crippen molar-refractivity contribution in [3.8, 4) is 0 Å². The SMILES string of the molecule is NCC1=NN(c2ccc(Cl)cc2Cl)[C@H](c2ccc(Cl)cc2)C1. The van der Waals surface area contributed by atoms with Crippen molar-refractivity contribution in [3.63, 3.8) is 0 Å². The van der Waals surface area contributed by atoms with Gasteiger partial charge in [-0.3, -0.25) is 5.01 Å². The Bertz CT molecular complexity index is 713. The number of benzene rings is 2. The molecule has 0 spiro atoms. The van der Waals surface area contributed by atoms with E-state index < -0.39 is 0 Å². The van der Waals surface area contributed by atoms with E-state index in [1.54, 1.807) is 12.1 Å². The molecule has 0 fully saturated rings. The van der Waals surface area contributed by atoms with Gasteiger partial charge in [0.25, 0.3) is 0 Å². The summed E-state index contributed by atoms with van der Waals surface area (Å²) in [6.45, 7) is 0.422. The smallest absolute Gasteiger partial charge is 0.0829 e. The molecule has 0 aliphatic carbocycles. The maximum absolute atomic E-state index is 6.33. The van der Waals surface area contributed by atoms with Crippen molar-refractivity contribution in [2.75, 3.05) is 11.6 Å². The van der Waals surface area contributed by atoms with Gasteiger partial charge in [-0.1, -0.05) is 46.9 Å². The van der Waals surface area contributed by atoms with E-state index in [1.165, 1.54) is 0 Å². The maximum Gasteiger partial charge on any atom is 0.0829 e. The molecule has 0 aromatic heterocycles. The third-order valence-corrected chi connectivity index (χ3v) is 4.41. The van der Waals surface area contributed by atoms with Crippen LogP contribution in [-0.2, 0) is 0 Å². The van der Waals surface area contributed by atoms with Crippen LogP contribution < -0.4 is 10.7 Å². The Labute approximate surface area is 144 Å². The molecule has 0 bridgehead atoms. The molecule has 1 aliphatic heterocycles. The summed E-state index contributed by atoms with van der Waals surface area (Å²) in [6.07, 6.45) is 0.761. The van der Waals surface area contributed by atoms with Gasteiger partial charge in [0.1, 0.15) is 0 Å². The van der Waals surface area contributed by atoms with Gasteiger partial charge in [0, 0.05) is 23.0 Å². The van der Waals surface area contributed by atoms with Gasteiger partial charge in [-0.05, 0) is 35.9 Å². The highest BCUT2D eigenvalue weighted by Gasteiger charge is 2.29. The molecule has 114 valence electrons. The first kappa shape index (κ1) is 15.6. The molecule has 0 saturated heterocycles. The molecule has 2 aromatic carbocycles. The zero-order valence-corrected chi connectivity index (χ0v) is 13.9. The van der Waals surface area contributed by atoms with Gasteiger partial charge < -0.3 is 5.73 Å².